The molecule has 5 nitrogen and oxygen atoms in total. The van der Waals surface area contributed by atoms with Gasteiger partial charge in [0.2, 0.25) is 5.88 Å². The predicted octanol–water partition coefficient (Wildman–Crippen LogP) is 2.05. The van der Waals surface area contributed by atoms with E-state index >= 15 is 0 Å². The summed E-state index contributed by atoms with van der Waals surface area (Å²) >= 11 is 0. The number of aromatic amines is 1. The maximum atomic E-state index is 9.58. The van der Waals surface area contributed by atoms with Gasteiger partial charge in [-0.1, -0.05) is 6.07 Å². The van der Waals surface area contributed by atoms with Crippen molar-refractivity contribution in [2.75, 3.05) is 7.11 Å². The second kappa shape index (κ2) is 3.80. The van der Waals surface area contributed by atoms with Crippen LogP contribution >= 0.6 is 0 Å². The standard InChI is InChI=1S/C10H11NO4/c1-6-3-4-8(12)10-7(6)5-9(11-10)14-15-13-2/h3-5,11-12H,1-2H3. The van der Waals surface area contributed by atoms with Gasteiger partial charge in [-0.2, -0.15) is 4.89 Å². The number of rotatable bonds is 3. The van der Waals surface area contributed by atoms with Crippen molar-refractivity contribution in [2.45, 2.75) is 6.92 Å². The smallest absolute Gasteiger partial charge is 0.238 e. The molecular formula is C10H11NO4. The molecule has 0 aliphatic carbocycles. The largest absolute Gasteiger partial charge is 0.506 e. The molecule has 0 fully saturated rings. The summed E-state index contributed by atoms with van der Waals surface area (Å²) in [5.74, 6) is 0.541. The van der Waals surface area contributed by atoms with Gasteiger partial charge < -0.3 is 10.1 Å². The number of hydrogen-bond donors (Lipinski definition) is 2. The molecule has 0 spiro atoms. The van der Waals surface area contributed by atoms with E-state index in [2.05, 4.69) is 14.9 Å². The molecule has 0 bridgehead atoms. The molecule has 2 aromatic rings. The first-order chi connectivity index (χ1) is 7.22. The Morgan fingerprint density at radius 1 is 1.33 bits per heavy atom. The second-order valence-electron chi connectivity index (χ2n) is 3.14. The van der Waals surface area contributed by atoms with Crippen molar-refractivity contribution in [3.63, 3.8) is 0 Å². The molecule has 1 aromatic carbocycles. The van der Waals surface area contributed by atoms with Crippen molar-refractivity contribution in [2.24, 2.45) is 0 Å². The number of aromatic hydroxyl groups is 1. The first-order valence-electron chi connectivity index (χ1n) is 4.41. The molecule has 2 N–H and O–H groups in total. The number of hydrogen-bond acceptors (Lipinski definition) is 4. The number of aryl methyl sites for hydroxylation is 1. The molecule has 1 aromatic heterocycles. The second-order valence-corrected chi connectivity index (χ2v) is 3.14. The maximum Gasteiger partial charge on any atom is 0.238 e. The fourth-order valence-electron chi connectivity index (χ4n) is 1.44. The molecule has 5 heteroatoms. The van der Waals surface area contributed by atoms with E-state index in [0.717, 1.165) is 10.9 Å². The van der Waals surface area contributed by atoms with Crippen LogP contribution in [0.5, 0.6) is 11.6 Å². The average molecular weight is 209 g/mol. The highest BCUT2D eigenvalue weighted by atomic mass is 17.5. The Kier molecular flexibility index (Phi) is 2.49. The fraction of sp³-hybridized carbons (Fsp3) is 0.200. The summed E-state index contributed by atoms with van der Waals surface area (Å²) in [4.78, 5) is 11.9. The first kappa shape index (κ1) is 9.82. The van der Waals surface area contributed by atoms with Crippen LogP contribution in [0.15, 0.2) is 18.2 Å². The highest BCUT2D eigenvalue weighted by Crippen LogP contribution is 2.30. The third-order valence-electron chi connectivity index (χ3n) is 2.16. The van der Waals surface area contributed by atoms with Gasteiger partial charge in [-0.05, 0) is 23.6 Å². The van der Waals surface area contributed by atoms with E-state index in [-0.39, 0.29) is 5.75 Å². The molecule has 2 rings (SSSR count). The zero-order chi connectivity index (χ0) is 10.8. The van der Waals surface area contributed by atoms with Crippen LogP contribution < -0.4 is 4.89 Å². The summed E-state index contributed by atoms with van der Waals surface area (Å²) in [7, 11) is 1.34. The molecule has 0 saturated heterocycles. The molecule has 0 amide bonds. The highest BCUT2D eigenvalue weighted by molar-refractivity contribution is 5.89. The van der Waals surface area contributed by atoms with Crippen LogP contribution in [-0.4, -0.2) is 17.2 Å². The van der Waals surface area contributed by atoms with Gasteiger partial charge in [0, 0.05) is 11.5 Å². The summed E-state index contributed by atoms with van der Waals surface area (Å²) in [5, 5.41) is 14.8. The van der Waals surface area contributed by atoms with E-state index in [1.807, 2.05) is 13.0 Å². The summed E-state index contributed by atoms with van der Waals surface area (Å²) < 4.78 is 0. The number of benzene rings is 1. The van der Waals surface area contributed by atoms with Gasteiger partial charge in [0.25, 0.3) is 0 Å². The van der Waals surface area contributed by atoms with E-state index in [4.69, 9.17) is 4.89 Å². The summed E-state index contributed by atoms with van der Waals surface area (Å²) in [6.07, 6.45) is 0. The Morgan fingerprint density at radius 3 is 2.80 bits per heavy atom. The topological polar surface area (TPSA) is 63.7 Å². The number of phenols is 1. The molecule has 0 aliphatic rings. The van der Waals surface area contributed by atoms with Crippen molar-refractivity contribution < 1.29 is 19.9 Å². The van der Waals surface area contributed by atoms with Gasteiger partial charge in [-0.3, -0.25) is 4.89 Å². The van der Waals surface area contributed by atoms with Crippen molar-refractivity contribution in [3.8, 4) is 11.6 Å². The molecule has 0 unspecified atom stereocenters. The van der Waals surface area contributed by atoms with Crippen molar-refractivity contribution >= 4 is 10.9 Å². The lowest BCUT2D eigenvalue weighted by molar-refractivity contribution is -0.454. The van der Waals surface area contributed by atoms with Crippen LogP contribution in [0.25, 0.3) is 10.9 Å². The van der Waals surface area contributed by atoms with Crippen LogP contribution in [0.2, 0.25) is 0 Å². The summed E-state index contributed by atoms with van der Waals surface area (Å²) in [6.45, 7) is 1.94. The maximum absolute atomic E-state index is 9.58. The van der Waals surface area contributed by atoms with Gasteiger partial charge in [-0.25, -0.2) is 0 Å². The van der Waals surface area contributed by atoms with E-state index in [9.17, 15) is 5.11 Å². The molecular weight excluding hydrogens is 198 g/mol. The molecule has 1 heterocycles. The third-order valence-corrected chi connectivity index (χ3v) is 2.16. The van der Waals surface area contributed by atoms with Gasteiger partial charge in [0.05, 0.1) is 12.6 Å². The van der Waals surface area contributed by atoms with Crippen molar-refractivity contribution in [1.82, 2.24) is 4.98 Å². The van der Waals surface area contributed by atoms with E-state index in [0.29, 0.717) is 11.4 Å². The van der Waals surface area contributed by atoms with Crippen LogP contribution in [-0.2, 0) is 9.93 Å². The zero-order valence-corrected chi connectivity index (χ0v) is 8.40. The van der Waals surface area contributed by atoms with Crippen LogP contribution in [0, 0.1) is 6.92 Å². The Morgan fingerprint density at radius 2 is 2.13 bits per heavy atom. The predicted molar refractivity (Wildman–Crippen MR) is 53.4 cm³/mol. The minimum Gasteiger partial charge on any atom is -0.506 e. The molecule has 15 heavy (non-hydrogen) atoms. The quantitative estimate of drug-likeness (QED) is 0.599. The third kappa shape index (κ3) is 1.74. The molecule has 0 radical (unpaired) electrons. The molecule has 0 atom stereocenters. The lowest BCUT2D eigenvalue weighted by Crippen LogP contribution is -1.94. The number of nitrogens with one attached hydrogen (secondary N) is 1. The van der Waals surface area contributed by atoms with Crippen LogP contribution in [0.3, 0.4) is 0 Å². The SMILES string of the molecule is COOOc1cc2c(C)ccc(O)c2[nH]1. The number of aromatic nitrogens is 1. The zero-order valence-electron chi connectivity index (χ0n) is 8.40. The van der Waals surface area contributed by atoms with E-state index < -0.39 is 0 Å². The summed E-state index contributed by atoms with van der Waals surface area (Å²) in [6, 6.07) is 5.17. The van der Waals surface area contributed by atoms with E-state index in [1.54, 1.807) is 12.1 Å². The van der Waals surface area contributed by atoms with Crippen LogP contribution in [0.4, 0.5) is 0 Å². The van der Waals surface area contributed by atoms with Crippen molar-refractivity contribution in [3.05, 3.63) is 23.8 Å². The summed E-state index contributed by atoms with van der Waals surface area (Å²) in [5.41, 5.74) is 1.65. The Bertz CT molecular complexity index is 438. The number of fused-ring (bicyclic) bond motifs is 1. The van der Waals surface area contributed by atoms with E-state index in [1.165, 1.54) is 7.11 Å². The van der Waals surface area contributed by atoms with Gasteiger partial charge in [-0.15, -0.1) is 0 Å². The monoisotopic (exact) mass is 209 g/mol. The highest BCUT2D eigenvalue weighted by Gasteiger charge is 2.08. The number of H-pyrrole nitrogens is 1. The van der Waals surface area contributed by atoms with Gasteiger partial charge >= 0.3 is 0 Å². The minimum absolute atomic E-state index is 0.169. The van der Waals surface area contributed by atoms with Crippen molar-refractivity contribution in [1.29, 1.82) is 0 Å². The normalized spacial score (nSPS) is 10.8. The average Bonchev–Trinajstić information content (AvgIpc) is 2.66. The van der Waals surface area contributed by atoms with Crippen LogP contribution in [0.1, 0.15) is 5.56 Å². The lowest BCUT2D eigenvalue weighted by Gasteiger charge is -1.97. The Balaban J connectivity index is 2.45. The first-order valence-corrected chi connectivity index (χ1v) is 4.41. The fourth-order valence-corrected chi connectivity index (χ4v) is 1.44. The van der Waals surface area contributed by atoms with Gasteiger partial charge in [0.1, 0.15) is 5.75 Å². The Hall–Kier alpha value is -1.72. The molecule has 80 valence electrons. The minimum atomic E-state index is 0.169. The number of phenolic OH excluding ortho intramolecular Hbond substituents is 1. The molecule has 0 aliphatic heterocycles. The van der Waals surface area contributed by atoms with Gasteiger partial charge in [0.15, 0.2) is 0 Å². The molecule has 0 saturated carbocycles. The lowest BCUT2D eigenvalue weighted by atomic mass is 10.1. The Labute approximate surface area is 86.0 Å².